The summed E-state index contributed by atoms with van der Waals surface area (Å²) in [5, 5.41) is 8.69. The molecule has 20 heavy (non-hydrogen) atoms. The van der Waals surface area contributed by atoms with Crippen LogP contribution < -0.4 is 16.0 Å². The molecule has 2 amide bonds. The highest BCUT2D eigenvalue weighted by Gasteiger charge is 2.06. The van der Waals surface area contributed by atoms with Gasteiger partial charge in [0.2, 0.25) is 5.95 Å². The van der Waals surface area contributed by atoms with Crippen LogP contribution in [0.25, 0.3) is 0 Å². The van der Waals surface area contributed by atoms with Gasteiger partial charge in [0, 0.05) is 24.1 Å². The molecule has 4 N–H and O–H groups in total. The van der Waals surface area contributed by atoms with Gasteiger partial charge in [-0.1, -0.05) is 19.1 Å². The molecule has 6 heteroatoms. The number of aromatic amines is 1. The molecule has 1 aromatic carbocycles. The molecule has 0 radical (unpaired) electrons. The van der Waals surface area contributed by atoms with Crippen LogP contribution in [0.15, 0.2) is 36.7 Å². The zero-order valence-electron chi connectivity index (χ0n) is 11.6. The molecule has 2 rings (SSSR count). The maximum atomic E-state index is 11.7. The Morgan fingerprint density at radius 1 is 1.30 bits per heavy atom. The number of hydrogen-bond donors (Lipinski definition) is 4. The highest BCUT2D eigenvalue weighted by Crippen LogP contribution is 2.16. The third-order valence-electron chi connectivity index (χ3n) is 2.91. The monoisotopic (exact) mass is 273 g/mol. The standard InChI is InChI=1S/C14H19N5O/c1-3-15-10(2)11-4-6-12(7-5-11)18-14(20)19-13-16-8-9-17-13/h4-10,15H,3H2,1-2H3,(H3,16,17,18,19,20). The number of imidazole rings is 1. The zero-order valence-corrected chi connectivity index (χ0v) is 11.6. The third-order valence-corrected chi connectivity index (χ3v) is 2.91. The molecular weight excluding hydrogens is 254 g/mol. The van der Waals surface area contributed by atoms with Crippen LogP contribution in [0, 0.1) is 0 Å². The number of hydrogen-bond acceptors (Lipinski definition) is 3. The molecule has 1 atom stereocenters. The summed E-state index contributed by atoms with van der Waals surface area (Å²) in [6.45, 7) is 5.10. The summed E-state index contributed by atoms with van der Waals surface area (Å²) in [6.07, 6.45) is 3.22. The van der Waals surface area contributed by atoms with E-state index in [9.17, 15) is 4.79 Å². The Morgan fingerprint density at radius 3 is 2.65 bits per heavy atom. The number of anilines is 2. The highest BCUT2D eigenvalue weighted by molar-refractivity contribution is 5.98. The van der Waals surface area contributed by atoms with Crippen molar-refractivity contribution in [1.82, 2.24) is 15.3 Å². The minimum absolute atomic E-state index is 0.297. The Kier molecular flexibility index (Phi) is 4.73. The van der Waals surface area contributed by atoms with Gasteiger partial charge in [-0.15, -0.1) is 0 Å². The van der Waals surface area contributed by atoms with Gasteiger partial charge in [-0.3, -0.25) is 5.32 Å². The highest BCUT2D eigenvalue weighted by atomic mass is 16.2. The number of amides is 2. The molecule has 0 bridgehead atoms. The fourth-order valence-electron chi connectivity index (χ4n) is 1.88. The number of nitrogens with one attached hydrogen (secondary N) is 4. The second kappa shape index (κ2) is 6.72. The van der Waals surface area contributed by atoms with Gasteiger partial charge in [0.1, 0.15) is 0 Å². The molecule has 1 aromatic heterocycles. The van der Waals surface area contributed by atoms with Crippen molar-refractivity contribution in [2.24, 2.45) is 0 Å². The van der Waals surface area contributed by atoms with E-state index in [-0.39, 0.29) is 6.03 Å². The molecule has 0 saturated heterocycles. The number of benzene rings is 1. The van der Waals surface area contributed by atoms with E-state index in [2.05, 4.69) is 39.8 Å². The molecule has 1 heterocycles. The summed E-state index contributed by atoms with van der Waals surface area (Å²) < 4.78 is 0. The van der Waals surface area contributed by atoms with Crippen LogP contribution in [0.5, 0.6) is 0 Å². The second-order valence-electron chi connectivity index (χ2n) is 4.42. The van der Waals surface area contributed by atoms with Crippen LogP contribution in [-0.2, 0) is 0 Å². The molecule has 0 fully saturated rings. The molecule has 1 unspecified atom stereocenters. The van der Waals surface area contributed by atoms with Gasteiger partial charge in [0.25, 0.3) is 0 Å². The van der Waals surface area contributed by atoms with Gasteiger partial charge in [0.05, 0.1) is 0 Å². The van der Waals surface area contributed by atoms with E-state index >= 15 is 0 Å². The Labute approximate surface area is 118 Å². The first kappa shape index (κ1) is 14.1. The summed E-state index contributed by atoms with van der Waals surface area (Å²) >= 11 is 0. The number of carbonyl (C=O) groups is 1. The maximum absolute atomic E-state index is 11.7. The van der Waals surface area contributed by atoms with Crippen molar-refractivity contribution >= 4 is 17.7 Å². The van der Waals surface area contributed by atoms with E-state index in [1.807, 2.05) is 24.3 Å². The quantitative estimate of drug-likeness (QED) is 0.676. The van der Waals surface area contributed by atoms with Crippen molar-refractivity contribution in [1.29, 1.82) is 0 Å². The van der Waals surface area contributed by atoms with E-state index < -0.39 is 0 Å². The van der Waals surface area contributed by atoms with Crippen molar-refractivity contribution < 1.29 is 4.79 Å². The second-order valence-corrected chi connectivity index (χ2v) is 4.42. The smallest absolute Gasteiger partial charge is 0.326 e. The van der Waals surface area contributed by atoms with Crippen LogP contribution in [0.2, 0.25) is 0 Å². The van der Waals surface area contributed by atoms with Crippen molar-refractivity contribution in [2.45, 2.75) is 19.9 Å². The van der Waals surface area contributed by atoms with Gasteiger partial charge >= 0.3 is 6.03 Å². The Morgan fingerprint density at radius 2 is 2.05 bits per heavy atom. The van der Waals surface area contributed by atoms with Crippen molar-refractivity contribution in [2.75, 3.05) is 17.2 Å². The van der Waals surface area contributed by atoms with Gasteiger partial charge < -0.3 is 15.6 Å². The molecule has 2 aromatic rings. The fourth-order valence-corrected chi connectivity index (χ4v) is 1.88. The summed E-state index contributed by atoms with van der Waals surface area (Å²) in [5.74, 6) is 0.417. The first-order chi connectivity index (χ1) is 9.69. The van der Waals surface area contributed by atoms with E-state index in [0.29, 0.717) is 12.0 Å². The predicted octanol–water partition coefficient (Wildman–Crippen LogP) is 2.72. The molecule has 6 nitrogen and oxygen atoms in total. The van der Waals surface area contributed by atoms with Crippen LogP contribution in [0.3, 0.4) is 0 Å². The first-order valence-corrected chi connectivity index (χ1v) is 6.59. The van der Waals surface area contributed by atoms with Crippen molar-refractivity contribution in [3.63, 3.8) is 0 Å². The molecule has 0 spiro atoms. The zero-order chi connectivity index (χ0) is 14.4. The lowest BCUT2D eigenvalue weighted by molar-refractivity contribution is 0.262. The average molecular weight is 273 g/mol. The van der Waals surface area contributed by atoms with E-state index in [4.69, 9.17) is 0 Å². The number of urea groups is 1. The molecule has 0 aliphatic rings. The predicted molar refractivity (Wildman–Crippen MR) is 79.8 cm³/mol. The Bertz CT molecular complexity index is 535. The van der Waals surface area contributed by atoms with Crippen molar-refractivity contribution in [3.05, 3.63) is 42.2 Å². The van der Waals surface area contributed by atoms with Gasteiger partial charge in [0.15, 0.2) is 0 Å². The Hall–Kier alpha value is -2.34. The van der Waals surface area contributed by atoms with Gasteiger partial charge in [-0.2, -0.15) is 0 Å². The maximum Gasteiger partial charge on any atom is 0.326 e. The largest absolute Gasteiger partial charge is 0.331 e. The normalized spacial score (nSPS) is 11.9. The summed E-state index contributed by atoms with van der Waals surface area (Å²) in [4.78, 5) is 18.4. The number of H-pyrrole nitrogens is 1. The molecule has 0 aliphatic carbocycles. The van der Waals surface area contributed by atoms with Crippen LogP contribution in [-0.4, -0.2) is 22.5 Å². The van der Waals surface area contributed by atoms with Gasteiger partial charge in [-0.05, 0) is 31.2 Å². The lowest BCUT2D eigenvalue weighted by Crippen LogP contribution is -2.20. The minimum Gasteiger partial charge on any atom is -0.331 e. The average Bonchev–Trinajstić information content (AvgIpc) is 2.92. The summed E-state index contributed by atoms with van der Waals surface area (Å²) in [7, 11) is 0. The molecule has 0 saturated carbocycles. The van der Waals surface area contributed by atoms with Crippen LogP contribution >= 0.6 is 0 Å². The number of carbonyl (C=O) groups excluding carboxylic acids is 1. The first-order valence-electron chi connectivity index (χ1n) is 6.59. The van der Waals surface area contributed by atoms with E-state index in [1.165, 1.54) is 5.56 Å². The summed E-state index contributed by atoms with van der Waals surface area (Å²) in [5.41, 5.74) is 1.92. The number of rotatable bonds is 5. The van der Waals surface area contributed by atoms with Crippen LogP contribution in [0.4, 0.5) is 16.4 Å². The van der Waals surface area contributed by atoms with Gasteiger partial charge in [-0.25, -0.2) is 9.78 Å². The third kappa shape index (κ3) is 3.83. The van der Waals surface area contributed by atoms with E-state index in [0.717, 1.165) is 12.2 Å². The number of aromatic nitrogens is 2. The molecule has 106 valence electrons. The lowest BCUT2D eigenvalue weighted by atomic mass is 10.1. The summed E-state index contributed by atoms with van der Waals surface area (Å²) in [6, 6.07) is 7.72. The van der Waals surface area contributed by atoms with E-state index in [1.54, 1.807) is 12.4 Å². The topological polar surface area (TPSA) is 81.8 Å². The lowest BCUT2D eigenvalue weighted by Gasteiger charge is -2.13. The Balaban J connectivity index is 1.91. The van der Waals surface area contributed by atoms with Crippen molar-refractivity contribution in [3.8, 4) is 0 Å². The SMILES string of the molecule is CCNC(C)c1ccc(NC(=O)Nc2ncc[nH]2)cc1. The molecular formula is C14H19N5O. The molecule has 0 aliphatic heterocycles. The number of nitrogens with zero attached hydrogens (tertiary/aromatic N) is 1. The fraction of sp³-hybridized carbons (Fsp3) is 0.286. The van der Waals surface area contributed by atoms with Crippen LogP contribution in [0.1, 0.15) is 25.5 Å². The minimum atomic E-state index is -0.326.